The molecule has 0 N–H and O–H groups in total. The highest BCUT2D eigenvalue weighted by molar-refractivity contribution is 5.67. The van der Waals surface area contributed by atoms with E-state index in [2.05, 4.69) is 101 Å². The van der Waals surface area contributed by atoms with Crippen molar-refractivity contribution >= 4 is 5.57 Å². The van der Waals surface area contributed by atoms with E-state index >= 15 is 0 Å². The van der Waals surface area contributed by atoms with Gasteiger partial charge in [-0.25, -0.2) is 0 Å². The molecule has 1 aliphatic heterocycles. The standard InChI is InChI=1S/C32H45N/c1-7-9-24-10-12-25(13-11-24)26-14-16-27(17-15-26)28-18-20-29(21-19-28)30-22-31(3,4)33(8-2)32(5,6)23-30/h10-13,16,18-21,26,30H,7-9,14-15,17,22-23H2,1-6H3. The predicted octanol–water partition coefficient (Wildman–Crippen LogP) is 8.75. The first-order chi connectivity index (χ1) is 15.7. The Kier molecular flexibility index (Phi) is 7.20. The zero-order valence-electron chi connectivity index (χ0n) is 22.0. The maximum Gasteiger partial charge on any atom is 0.0164 e. The zero-order chi connectivity index (χ0) is 23.6. The molecular weight excluding hydrogens is 398 g/mol. The monoisotopic (exact) mass is 443 g/mol. The molecule has 2 aliphatic rings. The van der Waals surface area contributed by atoms with Gasteiger partial charge in [0.05, 0.1) is 0 Å². The van der Waals surface area contributed by atoms with Crippen molar-refractivity contribution in [2.45, 2.75) is 109 Å². The van der Waals surface area contributed by atoms with E-state index in [1.165, 1.54) is 67.2 Å². The Bertz CT molecular complexity index is 927. The van der Waals surface area contributed by atoms with Crippen molar-refractivity contribution in [1.82, 2.24) is 4.90 Å². The third kappa shape index (κ3) is 5.29. The summed E-state index contributed by atoms with van der Waals surface area (Å²) in [7, 11) is 0. The summed E-state index contributed by atoms with van der Waals surface area (Å²) in [6, 6.07) is 19.1. The average Bonchev–Trinajstić information content (AvgIpc) is 2.79. The van der Waals surface area contributed by atoms with Crippen LogP contribution in [0.15, 0.2) is 54.6 Å². The van der Waals surface area contributed by atoms with Crippen LogP contribution < -0.4 is 0 Å². The first-order valence-corrected chi connectivity index (χ1v) is 13.4. The lowest BCUT2D eigenvalue weighted by atomic mass is 9.71. The van der Waals surface area contributed by atoms with Crippen molar-refractivity contribution in [2.75, 3.05) is 6.54 Å². The van der Waals surface area contributed by atoms with Gasteiger partial charge in [0.1, 0.15) is 0 Å². The number of nitrogens with zero attached hydrogens (tertiary/aromatic N) is 1. The summed E-state index contributed by atoms with van der Waals surface area (Å²) in [5, 5.41) is 0. The number of rotatable bonds is 6. The lowest BCUT2D eigenvalue weighted by molar-refractivity contribution is -0.0316. The fraction of sp³-hybridized carbons (Fsp3) is 0.562. The SMILES string of the molecule is CCCc1ccc(C2CC=C(c3ccc(C4CC(C)(C)N(CC)C(C)(C)C4)cc3)CC2)cc1. The summed E-state index contributed by atoms with van der Waals surface area (Å²) in [4.78, 5) is 2.70. The van der Waals surface area contributed by atoms with Crippen molar-refractivity contribution in [3.05, 3.63) is 76.9 Å². The lowest BCUT2D eigenvalue weighted by Gasteiger charge is -2.55. The maximum absolute atomic E-state index is 2.70. The van der Waals surface area contributed by atoms with Gasteiger partial charge in [-0.1, -0.05) is 74.9 Å². The topological polar surface area (TPSA) is 3.24 Å². The fourth-order valence-corrected chi connectivity index (χ4v) is 7.02. The molecule has 2 aromatic carbocycles. The molecule has 178 valence electrons. The highest BCUT2D eigenvalue weighted by Gasteiger charge is 2.44. The summed E-state index contributed by atoms with van der Waals surface area (Å²) < 4.78 is 0. The van der Waals surface area contributed by atoms with Crippen LogP contribution >= 0.6 is 0 Å². The first-order valence-electron chi connectivity index (χ1n) is 13.4. The van der Waals surface area contributed by atoms with Gasteiger partial charge < -0.3 is 0 Å². The highest BCUT2D eigenvalue weighted by Crippen LogP contribution is 2.45. The number of hydrogen-bond donors (Lipinski definition) is 0. The molecule has 4 rings (SSSR count). The average molecular weight is 444 g/mol. The molecule has 1 heterocycles. The Morgan fingerprint density at radius 2 is 1.36 bits per heavy atom. The van der Waals surface area contributed by atoms with Crippen molar-refractivity contribution in [2.24, 2.45) is 0 Å². The van der Waals surface area contributed by atoms with Gasteiger partial charge >= 0.3 is 0 Å². The molecule has 0 saturated carbocycles. The fourth-order valence-electron chi connectivity index (χ4n) is 7.02. The van der Waals surface area contributed by atoms with Gasteiger partial charge in [0.15, 0.2) is 0 Å². The van der Waals surface area contributed by atoms with E-state index in [-0.39, 0.29) is 11.1 Å². The van der Waals surface area contributed by atoms with Gasteiger partial charge in [0, 0.05) is 11.1 Å². The molecule has 2 aromatic rings. The van der Waals surface area contributed by atoms with E-state index in [0.717, 1.165) is 6.54 Å². The van der Waals surface area contributed by atoms with Gasteiger partial charge in [-0.3, -0.25) is 4.90 Å². The second kappa shape index (κ2) is 9.79. The Morgan fingerprint density at radius 1 is 0.788 bits per heavy atom. The van der Waals surface area contributed by atoms with Crippen molar-refractivity contribution < 1.29 is 0 Å². The first kappa shape index (κ1) is 24.3. The van der Waals surface area contributed by atoms with Gasteiger partial charge in [0.2, 0.25) is 0 Å². The third-order valence-corrected chi connectivity index (χ3v) is 8.42. The lowest BCUT2D eigenvalue weighted by Crippen LogP contribution is -2.59. The predicted molar refractivity (Wildman–Crippen MR) is 144 cm³/mol. The number of hydrogen-bond acceptors (Lipinski definition) is 1. The largest absolute Gasteiger partial charge is 0.293 e. The van der Waals surface area contributed by atoms with E-state index in [4.69, 9.17) is 0 Å². The molecular formula is C32H45N. The molecule has 1 nitrogen and oxygen atoms in total. The molecule has 0 amide bonds. The molecule has 33 heavy (non-hydrogen) atoms. The molecule has 0 spiro atoms. The van der Waals surface area contributed by atoms with Gasteiger partial charge in [-0.15, -0.1) is 0 Å². The van der Waals surface area contributed by atoms with Crippen LogP contribution in [0.1, 0.15) is 114 Å². The molecule has 1 atom stereocenters. The minimum Gasteiger partial charge on any atom is -0.293 e. The normalized spacial score (nSPS) is 23.3. The minimum absolute atomic E-state index is 0.246. The molecule has 1 heteroatoms. The Labute approximate surface area is 203 Å². The Morgan fingerprint density at radius 3 is 1.88 bits per heavy atom. The number of benzene rings is 2. The number of piperidine rings is 1. The summed E-state index contributed by atoms with van der Waals surface area (Å²) in [6.45, 7) is 15.4. The van der Waals surface area contributed by atoms with E-state index in [9.17, 15) is 0 Å². The van der Waals surface area contributed by atoms with E-state index < -0.39 is 0 Å². The van der Waals surface area contributed by atoms with Crippen LogP contribution in [0.25, 0.3) is 5.57 Å². The van der Waals surface area contributed by atoms with Crippen LogP contribution in [0.4, 0.5) is 0 Å². The van der Waals surface area contributed by atoms with Crippen molar-refractivity contribution in [1.29, 1.82) is 0 Å². The van der Waals surface area contributed by atoms with Gasteiger partial charge in [-0.05, 0) is 112 Å². The van der Waals surface area contributed by atoms with Crippen LogP contribution in [0.3, 0.4) is 0 Å². The molecule has 1 fully saturated rings. The quantitative estimate of drug-likeness (QED) is 0.431. The number of likely N-dealkylation sites (tertiary alicyclic amines) is 1. The number of allylic oxidation sites excluding steroid dienone is 2. The zero-order valence-corrected chi connectivity index (χ0v) is 22.0. The van der Waals surface area contributed by atoms with E-state index in [1.807, 2.05) is 0 Å². The Balaban J connectivity index is 1.42. The maximum atomic E-state index is 2.70. The summed E-state index contributed by atoms with van der Waals surface area (Å²) in [5.41, 5.74) is 7.98. The van der Waals surface area contributed by atoms with Crippen molar-refractivity contribution in [3.8, 4) is 0 Å². The Hall–Kier alpha value is -1.86. The summed E-state index contributed by atoms with van der Waals surface area (Å²) in [6.07, 6.45) is 11.0. The van der Waals surface area contributed by atoms with Crippen LogP contribution in [-0.2, 0) is 6.42 Å². The van der Waals surface area contributed by atoms with Crippen molar-refractivity contribution in [3.63, 3.8) is 0 Å². The van der Waals surface area contributed by atoms with E-state index in [1.54, 1.807) is 5.57 Å². The molecule has 0 bridgehead atoms. The van der Waals surface area contributed by atoms with Gasteiger partial charge in [0.25, 0.3) is 0 Å². The second-order valence-electron chi connectivity index (χ2n) is 11.8. The second-order valence-corrected chi connectivity index (χ2v) is 11.8. The van der Waals surface area contributed by atoms with Crippen LogP contribution in [-0.4, -0.2) is 22.5 Å². The molecule has 0 aromatic heterocycles. The third-order valence-electron chi connectivity index (χ3n) is 8.42. The summed E-state index contributed by atoms with van der Waals surface area (Å²) >= 11 is 0. The highest BCUT2D eigenvalue weighted by atomic mass is 15.3. The molecule has 1 aliphatic carbocycles. The molecule has 0 radical (unpaired) electrons. The minimum atomic E-state index is 0.246. The van der Waals surface area contributed by atoms with Crippen LogP contribution in [0.5, 0.6) is 0 Å². The molecule has 1 unspecified atom stereocenters. The van der Waals surface area contributed by atoms with Gasteiger partial charge in [-0.2, -0.15) is 0 Å². The summed E-state index contributed by atoms with van der Waals surface area (Å²) in [5.74, 6) is 1.32. The smallest absolute Gasteiger partial charge is 0.0164 e. The molecule has 1 saturated heterocycles. The van der Waals surface area contributed by atoms with Crippen LogP contribution in [0.2, 0.25) is 0 Å². The van der Waals surface area contributed by atoms with E-state index in [0.29, 0.717) is 11.8 Å². The number of aryl methyl sites for hydroxylation is 1. The van der Waals surface area contributed by atoms with Crippen LogP contribution in [0, 0.1) is 0 Å².